The van der Waals surface area contributed by atoms with E-state index in [0.29, 0.717) is 17.1 Å². The molecular weight excluding hydrogens is 354 g/mol. The lowest BCUT2D eigenvalue weighted by atomic mass is 10.1. The average Bonchev–Trinajstić information content (AvgIpc) is 2.60. The van der Waals surface area contributed by atoms with Gasteiger partial charge in [-0.25, -0.2) is 8.42 Å². The first-order chi connectivity index (χ1) is 9.63. The van der Waals surface area contributed by atoms with E-state index in [-0.39, 0.29) is 4.90 Å². The Balaban J connectivity index is 2.47. The minimum Gasteiger partial charge on any atom is -0.279 e. The maximum absolute atomic E-state index is 12.6. The fourth-order valence-electron chi connectivity index (χ4n) is 2.35. The lowest BCUT2D eigenvalue weighted by Gasteiger charge is -2.11. The quantitative estimate of drug-likeness (QED) is 0.900. The number of nitrogens with one attached hydrogen (secondary N) is 1. The van der Waals surface area contributed by atoms with Gasteiger partial charge >= 0.3 is 0 Å². The molecule has 1 heterocycles. The van der Waals surface area contributed by atoms with Crippen LogP contribution in [-0.4, -0.2) is 18.2 Å². The average molecular weight is 372 g/mol. The van der Waals surface area contributed by atoms with Crippen molar-refractivity contribution in [3.8, 4) is 0 Å². The molecule has 7 heteroatoms. The molecule has 114 valence electrons. The lowest BCUT2D eigenvalue weighted by molar-refractivity contribution is 0.599. The monoisotopic (exact) mass is 371 g/mol. The topological polar surface area (TPSA) is 64.0 Å². The first-order valence-corrected chi connectivity index (χ1v) is 8.71. The van der Waals surface area contributed by atoms with Crippen LogP contribution in [0.15, 0.2) is 21.5 Å². The van der Waals surface area contributed by atoms with Gasteiger partial charge in [0.1, 0.15) is 4.90 Å². The number of nitrogens with zero attached hydrogens (tertiary/aromatic N) is 2. The number of aryl methyl sites for hydroxylation is 4. The number of anilines is 1. The van der Waals surface area contributed by atoms with Crippen LogP contribution in [-0.2, 0) is 17.1 Å². The van der Waals surface area contributed by atoms with Gasteiger partial charge in [-0.1, -0.05) is 15.9 Å². The molecule has 0 radical (unpaired) electrons. The minimum atomic E-state index is -3.65. The van der Waals surface area contributed by atoms with Gasteiger partial charge < -0.3 is 0 Å². The van der Waals surface area contributed by atoms with Gasteiger partial charge in [0.2, 0.25) is 0 Å². The summed E-state index contributed by atoms with van der Waals surface area (Å²) in [5.41, 5.74) is 3.62. The molecule has 5 nitrogen and oxygen atoms in total. The maximum atomic E-state index is 12.6. The Labute approximate surface area is 133 Å². The third-order valence-corrected chi connectivity index (χ3v) is 6.28. The fourth-order valence-corrected chi connectivity index (χ4v) is 4.06. The van der Waals surface area contributed by atoms with Crippen molar-refractivity contribution in [1.29, 1.82) is 0 Å². The van der Waals surface area contributed by atoms with Crippen LogP contribution in [0.5, 0.6) is 0 Å². The zero-order chi connectivity index (χ0) is 15.9. The predicted molar refractivity (Wildman–Crippen MR) is 87.1 cm³/mol. The Hall–Kier alpha value is -1.34. The van der Waals surface area contributed by atoms with Crippen molar-refractivity contribution in [1.82, 2.24) is 9.78 Å². The third kappa shape index (κ3) is 2.98. The van der Waals surface area contributed by atoms with Crippen molar-refractivity contribution in [3.63, 3.8) is 0 Å². The molecule has 1 aromatic carbocycles. The Morgan fingerprint density at radius 1 is 1.14 bits per heavy atom. The highest BCUT2D eigenvalue weighted by molar-refractivity contribution is 9.10. The van der Waals surface area contributed by atoms with Gasteiger partial charge in [-0.05, 0) is 51.0 Å². The Kier molecular flexibility index (Phi) is 4.17. The first-order valence-electron chi connectivity index (χ1n) is 6.43. The molecule has 21 heavy (non-hydrogen) atoms. The van der Waals surface area contributed by atoms with Crippen molar-refractivity contribution in [2.45, 2.75) is 32.6 Å². The highest BCUT2D eigenvalue weighted by Gasteiger charge is 2.24. The molecule has 1 N–H and O–H groups in total. The van der Waals surface area contributed by atoms with Crippen LogP contribution in [0.2, 0.25) is 0 Å². The molecule has 0 fully saturated rings. The van der Waals surface area contributed by atoms with Crippen LogP contribution in [0, 0.1) is 27.7 Å². The highest BCUT2D eigenvalue weighted by atomic mass is 79.9. The molecule has 0 saturated heterocycles. The Morgan fingerprint density at radius 2 is 1.67 bits per heavy atom. The minimum absolute atomic E-state index is 0.239. The normalized spacial score (nSPS) is 11.7. The SMILES string of the molecule is Cc1cc(NS(=O)(=O)c2c(C)nn(C)c2C)cc(C)c1Br. The molecule has 0 aliphatic heterocycles. The molecule has 2 aromatic rings. The number of sulfonamides is 1. The van der Waals surface area contributed by atoms with Crippen molar-refractivity contribution < 1.29 is 8.42 Å². The van der Waals surface area contributed by atoms with E-state index in [4.69, 9.17) is 0 Å². The summed E-state index contributed by atoms with van der Waals surface area (Å²) in [7, 11) is -1.92. The van der Waals surface area contributed by atoms with Gasteiger partial charge in [-0.3, -0.25) is 9.40 Å². The van der Waals surface area contributed by atoms with Gasteiger partial charge in [0.25, 0.3) is 10.0 Å². The molecule has 0 saturated carbocycles. The second kappa shape index (κ2) is 5.46. The van der Waals surface area contributed by atoms with E-state index in [2.05, 4.69) is 25.8 Å². The van der Waals surface area contributed by atoms with E-state index in [9.17, 15) is 8.42 Å². The summed E-state index contributed by atoms with van der Waals surface area (Å²) < 4.78 is 30.4. The Bertz CT molecular complexity index is 787. The maximum Gasteiger partial charge on any atom is 0.265 e. The van der Waals surface area contributed by atoms with E-state index >= 15 is 0 Å². The molecule has 2 rings (SSSR count). The van der Waals surface area contributed by atoms with E-state index in [1.165, 1.54) is 0 Å². The number of aromatic nitrogens is 2. The number of hydrogen-bond acceptors (Lipinski definition) is 3. The molecule has 0 amide bonds. The predicted octanol–water partition coefficient (Wildman–Crippen LogP) is 3.22. The smallest absolute Gasteiger partial charge is 0.265 e. The summed E-state index contributed by atoms with van der Waals surface area (Å²) in [5, 5.41) is 4.16. The van der Waals surface area contributed by atoms with E-state index in [1.807, 2.05) is 13.8 Å². The van der Waals surface area contributed by atoms with Crippen LogP contribution < -0.4 is 4.72 Å². The molecule has 0 unspecified atom stereocenters. The zero-order valence-corrected chi connectivity index (χ0v) is 15.1. The molecule has 0 atom stereocenters. The molecule has 0 bridgehead atoms. The zero-order valence-electron chi connectivity index (χ0n) is 12.7. The Morgan fingerprint density at radius 3 is 2.10 bits per heavy atom. The number of hydrogen-bond donors (Lipinski definition) is 1. The van der Waals surface area contributed by atoms with Gasteiger partial charge in [-0.2, -0.15) is 5.10 Å². The van der Waals surface area contributed by atoms with Crippen LogP contribution in [0.4, 0.5) is 5.69 Å². The third-order valence-electron chi connectivity index (χ3n) is 3.40. The second-order valence-electron chi connectivity index (χ2n) is 5.15. The summed E-state index contributed by atoms with van der Waals surface area (Å²) in [4.78, 5) is 0.239. The van der Waals surface area contributed by atoms with Gasteiger partial charge in [0.15, 0.2) is 0 Å². The molecule has 0 aliphatic rings. The van der Waals surface area contributed by atoms with Gasteiger partial charge in [0.05, 0.1) is 11.4 Å². The van der Waals surface area contributed by atoms with E-state index in [1.54, 1.807) is 37.7 Å². The number of rotatable bonds is 3. The summed E-state index contributed by atoms with van der Waals surface area (Å²) in [6, 6.07) is 3.60. The summed E-state index contributed by atoms with van der Waals surface area (Å²) in [6.45, 7) is 7.29. The van der Waals surface area contributed by atoms with E-state index < -0.39 is 10.0 Å². The van der Waals surface area contributed by atoms with Crippen LogP contribution >= 0.6 is 15.9 Å². The number of benzene rings is 1. The van der Waals surface area contributed by atoms with Crippen LogP contribution in [0.1, 0.15) is 22.5 Å². The molecular formula is C14H18BrN3O2S. The highest BCUT2D eigenvalue weighted by Crippen LogP contribution is 2.27. The molecule has 1 aromatic heterocycles. The van der Waals surface area contributed by atoms with Crippen molar-refractivity contribution in [2.75, 3.05) is 4.72 Å². The van der Waals surface area contributed by atoms with Crippen LogP contribution in [0.3, 0.4) is 0 Å². The van der Waals surface area contributed by atoms with Gasteiger partial charge in [-0.15, -0.1) is 0 Å². The van der Waals surface area contributed by atoms with Crippen LogP contribution in [0.25, 0.3) is 0 Å². The first kappa shape index (κ1) is 16.0. The molecule has 0 aliphatic carbocycles. The van der Waals surface area contributed by atoms with Crippen molar-refractivity contribution >= 4 is 31.6 Å². The second-order valence-corrected chi connectivity index (χ2v) is 7.57. The van der Waals surface area contributed by atoms with Gasteiger partial charge in [0, 0.05) is 17.2 Å². The summed E-state index contributed by atoms with van der Waals surface area (Å²) in [5.74, 6) is 0. The lowest BCUT2D eigenvalue weighted by Crippen LogP contribution is -2.15. The summed E-state index contributed by atoms with van der Waals surface area (Å²) >= 11 is 3.47. The largest absolute Gasteiger partial charge is 0.279 e. The standard InChI is InChI=1S/C14H18BrN3O2S/c1-8-6-12(7-9(2)13(8)15)17-21(19,20)14-10(3)16-18(5)11(14)4/h6-7,17H,1-5H3. The summed E-state index contributed by atoms with van der Waals surface area (Å²) in [6.07, 6.45) is 0. The number of halogens is 1. The fraction of sp³-hybridized carbons (Fsp3) is 0.357. The van der Waals surface area contributed by atoms with Crippen molar-refractivity contribution in [2.24, 2.45) is 7.05 Å². The molecule has 0 spiro atoms. The van der Waals surface area contributed by atoms with E-state index in [0.717, 1.165) is 15.6 Å². The van der Waals surface area contributed by atoms with Crippen molar-refractivity contribution in [3.05, 3.63) is 39.1 Å².